The molecule has 3 rings (SSSR count). The summed E-state index contributed by atoms with van der Waals surface area (Å²) >= 11 is 0. The third-order valence-electron chi connectivity index (χ3n) is 4.36. The Morgan fingerprint density at radius 3 is 2.38 bits per heavy atom. The number of benzene rings is 2. The minimum Gasteiger partial charge on any atom is -0.348 e. The van der Waals surface area contributed by atoms with Crippen LogP contribution in [0.1, 0.15) is 35.5 Å². The molecule has 150 valence electrons. The van der Waals surface area contributed by atoms with Gasteiger partial charge < -0.3 is 5.32 Å². The Morgan fingerprint density at radius 2 is 1.76 bits per heavy atom. The third kappa shape index (κ3) is 4.31. The van der Waals surface area contributed by atoms with Crippen LogP contribution in [0.15, 0.2) is 58.1 Å². The van der Waals surface area contributed by atoms with E-state index in [1.54, 1.807) is 26.0 Å². The Bertz CT molecular complexity index is 1160. The number of nitrogens with zero attached hydrogens (tertiary/aromatic N) is 3. The summed E-state index contributed by atoms with van der Waals surface area (Å²) in [5.74, 6) is -1.16. The Labute approximate surface area is 166 Å². The summed E-state index contributed by atoms with van der Waals surface area (Å²) < 4.78 is 15.2. The van der Waals surface area contributed by atoms with E-state index in [-0.39, 0.29) is 18.3 Å². The van der Waals surface area contributed by atoms with Gasteiger partial charge in [0.1, 0.15) is 5.82 Å². The zero-order valence-corrected chi connectivity index (χ0v) is 16.3. The molecule has 1 amide bonds. The van der Waals surface area contributed by atoms with E-state index in [4.69, 9.17) is 0 Å². The molecule has 8 heteroatoms. The van der Waals surface area contributed by atoms with Crippen molar-refractivity contribution in [3.8, 4) is 5.69 Å². The molecule has 0 fully saturated rings. The van der Waals surface area contributed by atoms with Crippen LogP contribution < -0.4 is 16.6 Å². The van der Waals surface area contributed by atoms with Gasteiger partial charge in [0.05, 0.1) is 12.2 Å². The van der Waals surface area contributed by atoms with Crippen molar-refractivity contribution in [2.75, 3.05) is 0 Å². The molecule has 0 saturated carbocycles. The first kappa shape index (κ1) is 20.2. The molecular weight excluding hydrogens is 375 g/mol. The average Bonchev–Trinajstić information content (AvgIpc) is 2.67. The summed E-state index contributed by atoms with van der Waals surface area (Å²) in [5, 5.41) is 6.61. The van der Waals surface area contributed by atoms with Crippen LogP contribution in [0, 0.1) is 12.7 Å². The number of nitrogens with one attached hydrogen (secondary N) is 1. The summed E-state index contributed by atoms with van der Waals surface area (Å²) in [7, 11) is 0. The lowest BCUT2D eigenvalue weighted by atomic mass is 10.1. The maximum absolute atomic E-state index is 13.3. The maximum atomic E-state index is 13.3. The second-order valence-corrected chi connectivity index (χ2v) is 6.97. The van der Waals surface area contributed by atoms with Crippen LogP contribution in [-0.4, -0.2) is 26.3 Å². The molecule has 0 atom stereocenters. The number of carbonyl (C=O) groups excluding carboxylic acids is 1. The SMILES string of the molecule is Cc1ccccc1Cn1c(=O)c(C(=O)NC(C)C)nn(-c2ccc(F)cc2)c1=O. The molecule has 1 heterocycles. The lowest BCUT2D eigenvalue weighted by Crippen LogP contribution is -2.46. The summed E-state index contributed by atoms with van der Waals surface area (Å²) in [6.45, 7) is 5.35. The van der Waals surface area contributed by atoms with Gasteiger partial charge in [-0.25, -0.2) is 9.18 Å². The minimum absolute atomic E-state index is 0.0178. The van der Waals surface area contributed by atoms with E-state index in [9.17, 15) is 18.8 Å². The number of aromatic nitrogens is 3. The number of carbonyl (C=O) groups is 1. The van der Waals surface area contributed by atoms with E-state index in [2.05, 4.69) is 10.4 Å². The number of rotatable bonds is 5. The van der Waals surface area contributed by atoms with E-state index in [0.717, 1.165) is 20.4 Å². The second-order valence-electron chi connectivity index (χ2n) is 6.97. The van der Waals surface area contributed by atoms with Crippen molar-refractivity contribution in [2.24, 2.45) is 0 Å². The summed E-state index contributed by atoms with van der Waals surface area (Å²) in [6.07, 6.45) is 0. The fourth-order valence-electron chi connectivity index (χ4n) is 2.84. The monoisotopic (exact) mass is 396 g/mol. The minimum atomic E-state index is -0.783. The van der Waals surface area contributed by atoms with Gasteiger partial charge in [-0.05, 0) is 56.2 Å². The van der Waals surface area contributed by atoms with E-state index in [1.807, 2.05) is 19.1 Å². The molecule has 1 aromatic heterocycles. The molecular formula is C21H21FN4O3. The maximum Gasteiger partial charge on any atom is 0.352 e. The van der Waals surface area contributed by atoms with Gasteiger partial charge in [-0.1, -0.05) is 24.3 Å². The van der Waals surface area contributed by atoms with Crippen LogP contribution in [0.25, 0.3) is 5.69 Å². The highest BCUT2D eigenvalue weighted by molar-refractivity contribution is 5.91. The van der Waals surface area contributed by atoms with Gasteiger partial charge >= 0.3 is 5.69 Å². The highest BCUT2D eigenvalue weighted by Gasteiger charge is 2.21. The van der Waals surface area contributed by atoms with E-state index >= 15 is 0 Å². The quantitative estimate of drug-likeness (QED) is 0.715. The van der Waals surface area contributed by atoms with Crippen LogP contribution in [0.5, 0.6) is 0 Å². The summed E-state index contributed by atoms with van der Waals surface area (Å²) in [5.41, 5.74) is 0.00126. The number of amides is 1. The van der Waals surface area contributed by atoms with Crippen molar-refractivity contribution >= 4 is 5.91 Å². The van der Waals surface area contributed by atoms with E-state index in [0.29, 0.717) is 0 Å². The average molecular weight is 396 g/mol. The molecule has 0 aliphatic heterocycles. The van der Waals surface area contributed by atoms with Crippen molar-refractivity contribution in [2.45, 2.75) is 33.4 Å². The van der Waals surface area contributed by atoms with Gasteiger partial charge in [0.25, 0.3) is 11.5 Å². The van der Waals surface area contributed by atoms with Crippen LogP contribution in [0.2, 0.25) is 0 Å². The highest BCUT2D eigenvalue weighted by atomic mass is 19.1. The largest absolute Gasteiger partial charge is 0.352 e. The molecule has 29 heavy (non-hydrogen) atoms. The molecule has 0 aliphatic carbocycles. The predicted molar refractivity (Wildman–Crippen MR) is 107 cm³/mol. The number of hydrogen-bond acceptors (Lipinski definition) is 4. The third-order valence-corrected chi connectivity index (χ3v) is 4.36. The second kappa shape index (κ2) is 8.22. The predicted octanol–water partition coefficient (Wildman–Crippen LogP) is 2.03. The zero-order chi connectivity index (χ0) is 21.1. The molecule has 0 aliphatic rings. The van der Waals surface area contributed by atoms with Crippen molar-refractivity contribution < 1.29 is 9.18 Å². The molecule has 1 N–H and O–H groups in total. The van der Waals surface area contributed by atoms with Crippen LogP contribution in [-0.2, 0) is 6.54 Å². The molecule has 0 saturated heterocycles. The molecule has 3 aromatic rings. The van der Waals surface area contributed by atoms with Gasteiger partial charge in [0.15, 0.2) is 0 Å². The van der Waals surface area contributed by atoms with Gasteiger partial charge in [0, 0.05) is 6.04 Å². The first-order valence-electron chi connectivity index (χ1n) is 9.13. The number of hydrogen-bond donors (Lipinski definition) is 1. The summed E-state index contributed by atoms with van der Waals surface area (Å²) in [6, 6.07) is 12.2. The summed E-state index contributed by atoms with van der Waals surface area (Å²) in [4.78, 5) is 38.5. The van der Waals surface area contributed by atoms with Gasteiger partial charge in [-0.2, -0.15) is 9.78 Å². The van der Waals surface area contributed by atoms with Gasteiger partial charge in [-0.15, -0.1) is 0 Å². The fraction of sp³-hybridized carbons (Fsp3) is 0.238. The Kier molecular flexibility index (Phi) is 5.72. The standard InChI is InChI=1S/C21H21FN4O3/c1-13(2)23-19(27)18-20(28)25(12-15-7-5-4-6-14(15)3)21(29)26(24-18)17-10-8-16(22)9-11-17/h4-11,13H,12H2,1-3H3,(H,23,27). The van der Waals surface area contributed by atoms with Crippen molar-refractivity contribution in [3.05, 3.63) is 92.0 Å². The van der Waals surface area contributed by atoms with Crippen molar-refractivity contribution in [1.29, 1.82) is 0 Å². The lowest BCUT2D eigenvalue weighted by Gasteiger charge is -2.14. The number of halogens is 1. The van der Waals surface area contributed by atoms with Crippen molar-refractivity contribution in [3.63, 3.8) is 0 Å². The highest BCUT2D eigenvalue weighted by Crippen LogP contribution is 2.09. The number of aryl methyl sites for hydroxylation is 1. The van der Waals surface area contributed by atoms with E-state index in [1.165, 1.54) is 24.3 Å². The normalized spacial score (nSPS) is 10.9. The molecule has 2 aromatic carbocycles. The fourth-order valence-corrected chi connectivity index (χ4v) is 2.84. The van der Waals surface area contributed by atoms with Crippen LogP contribution >= 0.6 is 0 Å². The first-order valence-corrected chi connectivity index (χ1v) is 9.13. The van der Waals surface area contributed by atoms with Crippen LogP contribution in [0.4, 0.5) is 4.39 Å². The molecule has 0 unspecified atom stereocenters. The first-order chi connectivity index (χ1) is 13.8. The van der Waals surface area contributed by atoms with Crippen LogP contribution in [0.3, 0.4) is 0 Å². The Morgan fingerprint density at radius 1 is 1.10 bits per heavy atom. The van der Waals surface area contributed by atoms with Gasteiger partial charge in [0.2, 0.25) is 5.69 Å². The zero-order valence-electron chi connectivity index (χ0n) is 16.3. The lowest BCUT2D eigenvalue weighted by molar-refractivity contribution is 0.0933. The van der Waals surface area contributed by atoms with Crippen molar-refractivity contribution in [1.82, 2.24) is 19.7 Å². The molecule has 0 radical (unpaired) electrons. The smallest absolute Gasteiger partial charge is 0.348 e. The Balaban J connectivity index is 2.23. The Hall–Kier alpha value is -3.55. The topological polar surface area (TPSA) is 86.0 Å². The molecule has 0 bridgehead atoms. The molecule has 7 nitrogen and oxygen atoms in total. The van der Waals surface area contributed by atoms with E-state index < -0.39 is 28.7 Å². The van der Waals surface area contributed by atoms with Gasteiger partial charge in [-0.3, -0.25) is 14.2 Å². The molecule has 0 spiro atoms.